The van der Waals surface area contributed by atoms with E-state index in [1.807, 2.05) is 19.1 Å². The van der Waals surface area contributed by atoms with Gasteiger partial charge in [0.1, 0.15) is 5.69 Å². The molecular weight excluding hydrogens is 399 g/mol. The van der Waals surface area contributed by atoms with E-state index >= 15 is 0 Å². The molecule has 0 aromatic heterocycles. The number of amides is 1. The number of benzene rings is 2. The molecule has 1 N–H and O–H groups in total. The number of hydrogen-bond acceptors (Lipinski definition) is 4. The Labute approximate surface area is 164 Å². The van der Waals surface area contributed by atoms with E-state index in [2.05, 4.69) is 5.32 Å². The predicted octanol–water partition coefficient (Wildman–Crippen LogP) is 4.96. The molecule has 150 valence electrons. The summed E-state index contributed by atoms with van der Waals surface area (Å²) in [5.74, 6) is -0.485. The lowest BCUT2D eigenvalue weighted by molar-refractivity contribution is -0.384. The van der Waals surface area contributed by atoms with E-state index in [0.29, 0.717) is 11.8 Å². The molecule has 0 spiro atoms. The second kappa shape index (κ2) is 8.05. The quantitative estimate of drug-likeness (QED) is 0.553. The van der Waals surface area contributed by atoms with Crippen LogP contribution in [-0.4, -0.2) is 24.4 Å². The molecule has 1 amide bonds. The summed E-state index contributed by atoms with van der Waals surface area (Å²) < 4.78 is 38.9. The third-order valence-corrected chi connectivity index (χ3v) is 4.34. The summed E-state index contributed by atoms with van der Waals surface area (Å²) in [4.78, 5) is 23.8. The van der Waals surface area contributed by atoms with E-state index in [1.54, 1.807) is 13.0 Å². The van der Waals surface area contributed by atoms with Gasteiger partial charge in [0.25, 0.3) is 5.69 Å². The van der Waals surface area contributed by atoms with Crippen molar-refractivity contribution >= 4 is 34.6 Å². The van der Waals surface area contributed by atoms with E-state index in [4.69, 9.17) is 11.6 Å². The molecule has 0 saturated carbocycles. The standard InChI is InChI=1S/C18H17ClF3N3O3/c1-10-4-5-11(2)14(6-10)23-17(26)9-24(3)15-8-13(19)12(18(20,21)22)7-16(15)25(27)28/h4-8H,9H2,1-3H3,(H,23,26). The summed E-state index contributed by atoms with van der Waals surface area (Å²) in [5, 5.41) is 13.2. The van der Waals surface area contributed by atoms with Crippen molar-refractivity contribution in [2.75, 3.05) is 23.8 Å². The highest BCUT2D eigenvalue weighted by atomic mass is 35.5. The molecule has 0 aliphatic heterocycles. The van der Waals surface area contributed by atoms with E-state index in [9.17, 15) is 28.1 Å². The van der Waals surface area contributed by atoms with Gasteiger partial charge in [0.2, 0.25) is 5.91 Å². The van der Waals surface area contributed by atoms with Crippen molar-refractivity contribution in [3.05, 3.63) is 62.2 Å². The SMILES string of the molecule is Cc1ccc(C)c(NC(=O)CN(C)c2cc(Cl)c(C(F)(F)F)cc2[N+](=O)[O-])c1. The number of alkyl halides is 3. The highest BCUT2D eigenvalue weighted by Crippen LogP contribution is 2.41. The molecule has 2 rings (SSSR count). The molecular formula is C18H17ClF3N3O3. The van der Waals surface area contributed by atoms with Gasteiger partial charge in [-0.15, -0.1) is 0 Å². The average Bonchev–Trinajstić information content (AvgIpc) is 2.56. The Morgan fingerprint density at radius 2 is 1.89 bits per heavy atom. The number of anilines is 2. The molecule has 28 heavy (non-hydrogen) atoms. The number of nitrogens with zero attached hydrogens (tertiary/aromatic N) is 2. The normalized spacial score (nSPS) is 11.2. The highest BCUT2D eigenvalue weighted by molar-refractivity contribution is 6.31. The lowest BCUT2D eigenvalue weighted by atomic mass is 10.1. The van der Waals surface area contributed by atoms with Gasteiger partial charge in [-0.2, -0.15) is 13.2 Å². The fraction of sp³-hybridized carbons (Fsp3) is 0.278. The van der Waals surface area contributed by atoms with Crippen LogP contribution in [0.15, 0.2) is 30.3 Å². The van der Waals surface area contributed by atoms with Crippen LogP contribution in [0.25, 0.3) is 0 Å². The zero-order valence-electron chi connectivity index (χ0n) is 15.2. The van der Waals surface area contributed by atoms with Gasteiger partial charge in [-0.3, -0.25) is 14.9 Å². The third kappa shape index (κ3) is 4.92. The highest BCUT2D eigenvalue weighted by Gasteiger charge is 2.36. The van der Waals surface area contributed by atoms with Crippen LogP contribution in [0.1, 0.15) is 16.7 Å². The zero-order valence-corrected chi connectivity index (χ0v) is 16.0. The minimum absolute atomic E-state index is 0.195. The van der Waals surface area contributed by atoms with Crippen molar-refractivity contribution in [1.29, 1.82) is 0 Å². The van der Waals surface area contributed by atoms with Crippen LogP contribution in [0.3, 0.4) is 0 Å². The molecule has 0 atom stereocenters. The van der Waals surface area contributed by atoms with Gasteiger partial charge in [-0.1, -0.05) is 23.7 Å². The van der Waals surface area contributed by atoms with E-state index in [-0.39, 0.29) is 12.2 Å². The first kappa shape index (κ1) is 21.5. The second-order valence-electron chi connectivity index (χ2n) is 6.30. The molecule has 2 aromatic carbocycles. The molecule has 0 fully saturated rings. The number of halogens is 4. The number of rotatable bonds is 5. The molecule has 0 aliphatic rings. The fourth-order valence-electron chi connectivity index (χ4n) is 2.58. The summed E-state index contributed by atoms with van der Waals surface area (Å²) in [6.07, 6.45) is -4.83. The van der Waals surface area contributed by atoms with Gasteiger partial charge in [0.05, 0.1) is 22.1 Å². The van der Waals surface area contributed by atoms with Gasteiger partial charge in [-0.25, -0.2) is 0 Å². The summed E-state index contributed by atoms with van der Waals surface area (Å²) >= 11 is 5.67. The topological polar surface area (TPSA) is 75.5 Å². The number of carbonyl (C=O) groups is 1. The first-order valence-corrected chi connectivity index (χ1v) is 8.41. The number of aryl methyl sites for hydroxylation is 2. The molecule has 6 nitrogen and oxygen atoms in total. The maximum Gasteiger partial charge on any atom is 0.418 e. The molecule has 2 aromatic rings. The molecule has 0 bridgehead atoms. The van der Waals surface area contributed by atoms with E-state index in [0.717, 1.165) is 17.2 Å². The Hall–Kier alpha value is -2.81. The van der Waals surface area contributed by atoms with Crippen LogP contribution in [0.5, 0.6) is 0 Å². The van der Waals surface area contributed by atoms with Crippen molar-refractivity contribution in [1.82, 2.24) is 0 Å². The molecule has 0 aliphatic carbocycles. The zero-order chi connectivity index (χ0) is 21.2. The Bertz CT molecular complexity index is 932. The third-order valence-electron chi connectivity index (χ3n) is 4.03. The molecule has 0 heterocycles. The molecule has 0 saturated heterocycles. The monoisotopic (exact) mass is 415 g/mol. The Morgan fingerprint density at radius 3 is 2.46 bits per heavy atom. The van der Waals surface area contributed by atoms with Crippen LogP contribution >= 0.6 is 11.6 Å². The van der Waals surface area contributed by atoms with Crippen LogP contribution in [-0.2, 0) is 11.0 Å². The first-order valence-electron chi connectivity index (χ1n) is 8.03. The van der Waals surface area contributed by atoms with Crippen molar-refractivity contribution in [2.24, 2.45) is 0 Å². The lowest BCUT2D eigenvalue weighted by Gasteiger charge is -2.20. The number of nitro groups is 1. The Balaban J connectivity index is 2.29. The second-order valence-corrected chi connectivity index (χ2v) is 6.71. The Kier molecular flexibility index (Phi) is 6.18. The lowest BCUT2D eigenvalue weighted by Crippen LogP contribution is -2.30. The summed E-state index contributed by atoms with van der Waals surface area (Å²) in [6, 6.07) is 6.69. The molecule has 0 radical (unpaired) electrons. The summed E-state index contributed by atoms with van der Waals surface area (Å²) in [5.41, 5.74) is 0.0404. The van der Waals surface area contributed by atoms with Crippen molar-refractivity contribution < 1.29 is 22.9 Å². The Morgan fingerprint density at radius 1 is 1.25 bits per heavy atom. The van der Waals surface area contributed by atoms with Gasteiger partial charge >= 0.3 is 6.18 Å². The maximum absolute atomic E-state index is 13.0. The number of carbonyl (C=O) groups excluding carboxylic acids is 1. The number of nitrogens with one attached hydrogen (secondary N) is 1. The van der Waals surface area contributed by atoms with Gasteiger partial charge in [-0.05, 0) is 37.1 Å². The minimum Gasteiger partial charge on any atom is -0.360 e. The number of nitro benzene ring substituents is 1. The first-order chi connectivity index (χ1) is 12.9. The van der Waals surface area contributed by atoms with E-state index < -0.39 is 33.3 Å². The van der Waals surface area contributed by atoms with Crippen LogP contribution < -0.4 is 10.2 Å². The fourth-order valence-corrected chi connectivity index (χ4v) is 2.85. The minimum atomic E-state index is -4.83. The van der Waals surface area contributed by atoms with Crippen molar-refractivity contribution in [3.8, 4) is 0 Å². The summed E-state index contributed by atoms with van der Waals surface area (Å²) in [7, 11) is 1.36. The van der Waals surface area contributed by atoms with E-state index in [1.165, 1.54) is 11.9 Å². The summed E-state index contributed by atoms with van der Waals surface area (Å²) in [6.45, 7) is 3.34. The van der Waals surface area contributed by atoms with Gasteiger partial charge in [0.15, 0.2) is 0 Å². The predicted molar refractivity (Wildman–Crippen MR) is 101 cm³/mol. The van der Waals surface area contributed by atoms with Crippen LogP contribution in [0.4, 0.5) is 30.2 Å². The van der Waals surface area contributed by atoms with Crippen LogP contribution in [0.2, 0.25) is 5.02 Å². The van der Waals surface area contributed by atoms with Gasteiger partial charge in [0, 0.05) is 18.8 Å². The maximum atomic E-state index is 13.0. The van der Waals surface area contributed by atoms with Gasteiger partial charge < -0.3 is 10.2 Å². The number of likely N-dealkylation sites (N-methyl/N-ethyl adjacent to an activating group) is 1. The molecule has 10 heteroatoms. The largest absolute Gasteiger partial charge is 0.418 e. The average molecular weight is 416 g/mol. The molecule has 0 unspecified atom stereocenters. The van der Waals surface area contributed by atoms with Crippen LogP contribution in [0, 0.1) is 24.0 Å². The van der Waals surface area contributed by atoms with Crippen molar-refractivity contribution in [3.63, 3.8) is 0 Å². The smallest absolute Gasteiger partial charge is 0.360 e. The number of hydrogen-bond donors (Lipinski definition) is 1. The van der Waals surface area contributed by atoms with Crippen molar-refractivity contribution in [2.45, 2.75) is 20.0 Å².